The summed E-state index contributed by atoms with van der Waals surface area (Å²) in [4.78, 5) is 0. The van der Waals surface area contributed by atoms with Gasteiger partial charge in [0.1, 0.15) is 0 Å². The summed E-state index contributed by atoms with van der Waals surface area (Å²) in [5.41, 5.74) is 3.82. The Morgan fingerprint density at radius 2 is 1.59 bits per heavy atom. The van der Waals surface area contributed by atoms with Crippen LogP contribution in [0.2, 0.25) is 0 Å². The van der Waals surface area contributed by atoms with Gasteiger partial charge in [-0.15, -0.1) is 0 Å². The molecule has 0 aromatic carbocycles. The first-order valence-electron chi connectivity index (χ1n) is 8.21. The van der Waals surface area contributed by atoms with Gasteiger partial charge in [-0.25, -0.2) is 0 Å². The van der Waals surface area contributed by atoms with Crippen molar-refractivity contribution in [3.63, 3.8) is 0 Å². The van der Waals surface area contributed by atoms with E-state index in [-0.39, 0.29) is 5.41 Å². The van der Waals surface area contributed by atoms with Gasteiger partial charge in [-0.1, -0.05) is 20.8 Å². The lowest BCUT2D eigenvalue weighted by molar-refractivity contribution is 0.522. The molecule has 4 heteroatoms. The van der Waals surface area contributed by atoms with Crippen molar-refractivity contribution in [2.45, 2.75) is 52.9 Å². The van der Waals surface area contributed by atoms with E-state index in [0.717, 1.165) is 5.82 Å². The Balaban J connectivity index is 0.000000299. The van der Waals surface area contributed by atoms with E-state index in [9.17, 15) is 0 Å². The average Bonchev–Trinajstić information content (AvgIpc) is 3.12. The quantitative estimate of drug-likeness (QED) is 0.875. The molecule has 1 aliphatic heterocycles. The summed E-state index contributed by atoms with van der Waals surface area (Å²) in [5, 5.41) is 7.84. The normalized spacial score (nSPS) is 14.8. The minimum Gasteiger partial charge on any atom is -0.317 e. The summed E-state index contributed by atoms with van der Waals surface area (Å²) in [6, 6.07) is 6.43. The SMILES string of the molecule is C1CCNC1.Cc1ccc(C)n1-c1cc(C(C)(C)C)n(C)n1. The van der Waals surface area contributed by atoms with Crippen LogP contribution in [0.3, 0.4) is 0 Å². The van der Waals surface area contributed by atoms with E-state index in [1.807, 2.05) is 11.7 Å². The van der Waals surface area contributed by atoms with E-state index < -0.39 is 0 Å². The fraction of sp³-hybridized carbons (Fsp3) is 0.611. The third kappa shape index (κ3) is 3.80. The molecular formula is C18H30N4. The minimum atomic E-state index is 0.120. The second-order valence-corrected chi connectivity index (χ2v) is 7.17. The second-order valence-electron chi connectivity index (χ2n) is 7.17. The van der Waals surface area contributed by atoms with E-state index >= 15 is 0 Å². The molecule has 1 N–H and O–H groups in total. The fourth-order valence-corrected chi connectivity index (χ4v) is 2.92. The molecule has 0 atom stereocenters. The van der Waals surface area contributed by atoms with Crippen LogP contribution in [0.5, 0.6) is 0 Å². The van der Waals surface area contributed by atoms with Crippen molar-refractivity contribution < 1.29 is 0 Å². The van der Waals surface area contributed by atoms with Crippen LogP contribution >= 0.6 is 0 Å². The molecule has 4 nitrogen and oxygen atoms in total. The third-order valence-electron chi connectivity index (χ3n) is 4.09. The summed E-state index contributed by atoms with van der Waals surface area (Å²) >= 11 is 0. The first-order valence-corrected chi connectivity index (χ1v) is 8.21. The highest BCUT2D eigenvalue weighted by Gasteiger charge is 2.20. The van der Waals surface area contributed by atoms with Crippen LogP contribution in [0, 0.1) is 13.8 Å². The van der Waals surface area contributed by atoms with Crippen LogP contribution in [0.15, 0.2) is 18.2 Å². The minimum absolute atomic E-state index is 0.120. The van der Waals surface area contributed by atoms with Crippen LogP contribution in [0.4, 0.5) is 0 Å². The maximum Gasteiger partial charge on any atom is 0.159 e. The van der Waals surface area contributed by atoms with Crippen LogP contribution in [0.25, 0.3) is 5.82 Å². The molecule has 22 heavy (non-hydrogen) atoms. The third-order valence-corrected chi connectivity index (χ3v) is 4.09. The van der Waals surface area contributed by atoms with Gasteiger partial charge in [0.05, 0.1) is 0 Å². The highest BCUT2D eigenvalue weighted by Crippen LogP contribution is 2.25. The van der Waals surface area contributed by atoms with E-state index in [0.29, 0.717) is 0 Å². The maximum atomic E-state index is 4.62. The van der Waals surface area contributed by atoms with E-state index in [1.54, 1.807) is 0 Å². The smallest absolute Gasteiger partial charge is 0.159 e. The zero-order valence-corrected chi connectivity index (χ0v) is 14.9. The summed E-state index contributed by atoms with van der Waals surface area (Å²) in [6.45, 7) is 13.4. The van der Waals surface area contributed by atoms with Gasteiger partial charge >= 0.3 is 0 Å². The standard InChI is InChI=1S/C14H21N3.C4H9N/c1-10-7-8-11(2)17(10)13-9-12(14(3,4)5)16(6)15-13;1-2-4-5-3-1/h7-9H,1-6H3;5H,1-4H2. The molecule has 0 amide bonds. The van der Waals surface area contributed by atoms with Crippen LogP contribution in [-0.2, 0) is 12.5 Å². The van der Waals surface area contributed by atoms with Crippen molar-refractivity contribution in [2.24, 2.45) is 7.05 Å². The molecule has 2 aromatic rings. The van der Waals surface area contributed by atoms with Gasteiger partial charge < -0.3 is 9.88 Å². The predicted octanol–water partition coefficient (Wildman–Crippen LogP) is 3.49. The monoisotopic (exact) mass is 302 g/mol. The zero-order valence-electron chi connectivity index (χ0n) is 14.9. The number of nitrogens with one attached hydrogen (secondary N) is 1. The average molecular weight is 302 g/mol. The van der Waals surface area contributed by atoms with Crippen LogP contribution < -0.4 is 5.32 Å². The van der Waals surface area contributed by atoms with Gasteiger partial charge in [0.2, 0.25) is 0 Å². The fourth-order valence-electron chi connectivity index (χ4n) is 2.92. The largest absolute Gasteiger partial charge is 0.317 e. The number of aryl methyl sites for hydroxylation is 3. The molecule has 0 saturated carbocycles. The molecule has 1 fully saturated rings. The Hall–Kier alpha value is -1.55. The molecule has 3 rings (SSSR count). The Labute approximate surface area is 134 Å². The summed E-state index contributed by atoms with van der Waals surface area (Å²) in [7, 11) is 2.01. The zero-order chi connectivity index (χ0) is 16.3. The van der Waals surface area contributed by atoms with Crippen LogP contribution in [-0.4, -0.2) is 27.4 Å². The van der Waals surface area contributed by atoms with Gasteiger partial charge in [0.15, 0.2) is 5.82 Å². The van der Waals surface area contributed by atoms with Crippen LogP contribution in [0.1, 0.15) is 50.7 Å². The Morgan fingerprint density at radius 1 is 1.05 bits per heavy atom. The number of rotatable bonds is 1. The first kappa shape index (κ1) is 16.8. The topological polar surface area (TPSA) is 34.8 Å². The van der Waals surface area contributed by atoms with E-state index in [4.69, 9.17) is 0 Å². The molecule has 0 aliphatic carbocycles. The summed E-state index contributed by atoms with van der Waals surface area (Å²) in [5.74, 6) is 1.01. The molecule has 2 aromatic heterocycles. The summed E-state index contributed by atoms with van der Waals surface area (Å²) < 4.78 is 4.17. The predicted molar refractivity (Wildman–Crippen MR) is 92.8 cm³/mol. The Bertz CT molecular complexity index is 582. The summed E-state index contributed by atoms with van der Waals surface area (Å²) in [6.07, 6.45) is 2.78. The van der Waals surface area contributed by atoms with Gasteiger partial charge in [-0.3, -0.25) is 4.68 Å². The molecule has 122 valence electrons. The highest BCUT2D eigenvalue weighted by molar-refractivity contribution is 5.34. The maximum absolute atomic E-state index is 4.62. The van der Waals surface area contributed by atoms with Gasteiger partial charge in [-0.2, -0.15) is 5.10 Å². The van der Waals surface area contributed by atoms with Crippen molar-refractivity contribution in [1.29, 1.82) is 0 Å². The van der Waals surface area contributed by atoms with Crippen molar-refractivity contribution in [3.05, 3.63) is 35.3 Å². The lowest BCUT2D eigenvalue weighted by Gasteiger charge is -2.17. The molecule has 0 unspecified atom stereocenters. The van der Waals surface area contributed by atoms with Crippen molar-refractivity contribution in [1.82, 2.24) is 19.7 Å². The molecule has 1 aliphatic rings. The first-order chi connectivity index (χ1) is 10.3. The number of hydrogen-bond acceptors (Lipinski definition) is 2. The van der Waals surface area contributed by atoms with E-state index in [2.05, 4.69) is 67.8 Å². The molecule has 0 radical (unpaired) electrons. The van der Waals surface area contributed by atoms with Crippen molar-refractivity contribution in [3.8, 4) is 5.82 Å². The lowest BCUT2D eigenvalue weighted by Crippen LogP contribution is -2.16. The second kappa shape index (κ2) is 6.69. The number of hydrogen-bond donors (Lipinski definition) is 1. The highest BCUT2D eigenvalue weighted by atomic mass is 15.3. The van der Waals surface area contributed by atoms with Gasteiger partial charge in [0.25, 0.3) is 0 Å². The Kier molecular flexibility index (Phi) is 5.12. The van der Waals surface area contributed by atoms with Gasteiger partial charge in [-0.05, 0) is 51.9 Å². The lowest BCUT2D eigenvalue weighted by atomic mass is 9.92. The Morgan fingerprint density at radius 3 is 1.95 bits per heavy atom. The van der Waals surface area contributed by atoms with Gasteiger partial charge in [0, 0.05) is 35.6 Å². The molecule has 3 heterocycles. The molecule has 0 bridgehead atoms. The molecule has 0 spiro atoms. The number of nitrogens with zero attached hydrogens (tertiary/aromatic N) is 3. The van der Waals surface area contributed by atoms with Crippen molar-refractivity contribution >= 4 is 0 Å². The van der Waals surface area contributed by atoms with Crippen molar-refractivity contribution in [2.75, 3.05) is 13.1 Å². The molecular weight excluding hydrogens is 272 g/mol. The molecule has 1 saturated heterocycles. The number of aromatic nitrogens is 3. The van der Waals surface area contributed by atoms with E-state index in [1.165, 1.54) is 43.0 Å².